The van der Waals surface area contributed by atoms with Gasteiger partial charge in [0.15, 0.2) is 0 Å². The Labute approximate surface area is 199 Å². The highest BCUT2D eigenvalue weighted by Gasteiger charge is 2.34. The van der Waals surface area contributed by atoms with Crippen LogP contribution in [-0.2, 0) is 11.3 Å². The van der Waals surface area contributed by atoms with Crippen LogP contribution in [0.4, 0.5) is 0 Å². The summed E-state index contributed by atoms with van der Waals surface area (Å²) < 4.78 is 11.5. The molecule has 2 heterocycles. The molecule has 0 aliphatic heterocycles. The summed E-state index contributed by atoms with van der Waals surface area (Å²) in [5, 5.41) is 17.2. The number of hydrogen-bond acceptors (Lipinski definition) is 8. The molecule has 0 saturated heterocycles. The van der Waals surface area contributed by atoms with Gasteiger partial charge in [0.05, 0.1) is 22.9 Å². The summed E-state index contributed by atoms with van der Waals surface area (Å²) in [6.07, 6.45) is 1.92. The molecule has 5 rings (SSSR count). The molecule has 1 aliphatic carbocycles. The first-order valence-electron chi connectivity index (χ1n) is 10.5. The molecule has 10 heteroatoms. The minimum Gasteiger partial charge on any atom is -0.419 e. The van der Waals surface area contributed by atoms with E-state index in [4.69, 9.17) is 20.4 Å². The van der Waals surface area contributed by atoms with Crippen molar-refractivity contribution in [1.29, 1.82) is 0 Å². The van der Waals surface area contributed by atoms with Crippen LogP contribution in [0.5, 0.6) is 0 Å². The Morgan fingerprint density at radius 1 is 1.03 bits per heavy atom. The lowest BCUT2D eigenvalue weighted by Gasteiger charge is -2.19. The quantitative estimate of drug-likeness (QED) is 0.323. The van der Waals surface area contributed by atoms with E-state index in [-0.39, 0.29) is 24.2 Å². The second kappa shape index (κ2) is 9.36. The molecule has 0 unspecified atom stereocenters. The van der Waals surface area contributed by atoms with E-state index < -0.39 is 0 Å². The van der Waals surface area contributed by atoms with Gasteiger partial charge in [-0.25, -0.2) is 0 Å². The number of aryl methyl sites for hydroxylation is 1. The maximum atomic E-state index is 13.0. The highest BCUT2D eigenvalue weighted by molar-refractivity contribution is 7.99. The van der Waals surface area contributed by atoms with E-state index in [0.717, 1.165) is 24.0 Å². The van der Waals surface area contributed by atoms with Crippen LogP contribution in [0.1, 0.15) is 24.3 Å². The number of carbonyl (C=O) groups is 1. The van der Waals surface area contributed by atoms with Crippen LogP contribution in [0.2, 0.25) is 5.02 Å². The Kier molecular flexibility index (Phi) is 6.15. The Morgan fingerprint density at radius 3 is 2.55 bits per heavy atom. The minimum atomic E-state index is -0.0462. The van der Waals surface area contributed by atoms with Crippen LogP contribution in [-0.4, -0.2) is 43.0 Å². The molecule has 1 fully saturated rings. The van der Waals surface area contributed by atoms with Gasteiger partial charge in [-0.3, -0.25) is 4.79 Å². The third-order valence-electron chi connectivity index (χ3n) is 5.21. The van der Waals surface area contributed by atoms with Crippen LogP contribution in [0, 0.1) is 6.92 Å². The second-order valence-corrected chi connectivity index (χ2v) is 9.10. The summed E-state index contributed by atoms with van der Waals surface area (Å²) in [6.45, 7) is 2.27. The maximum absolute atomic E-state index is 13.0. The number of aromatic nitrogens is 4. The number of amides is 1. The molecular formula is C23H20ClN5O3S. The summed E-state index contributed by atoms with van der Waals surface area (Å²) in [7, 11) is 0. The van der Waals surface area contributed by atoms with E-state index in [1.54, 1.807) is 11.0 Å². The first-order valence-corrected chi connectivity index (χ1v) is 11.8. The van der Waals surface area contributed by atoms with Crippen molar-refractivity contribution in [3.8, 4) is 22.9 Å². The van der Waals surface area contributed by atoms with Gasteiger partial charge in [-0.05, 0) is 44.0 Å². The van der Waals surface area contributed by atoms with E-state index >= 15 is 0 Å². The predicted molar refractivity (Wildman–Crippen MR) is 124 cm³/mol. The molecule has 8 nitrogen and oxygen atoms in total. The largest absolute Gasteiger partial charge is 0.419 e. The normalized spacial score (nSPS) is 13.3. The molecule has 0 atom stereocenters. The molecule has 0 bridgehead atoms. The predicted octanol–water partition coefficient (Wildman–Crippen LogP) is 5.03. The third kappa shape index (κ3) is 5.09. The number of nitrogens with zero attached hydrogens (tertiary/aromatic N) is 5. The average molecular weight is 482 g/mol. The van der Waals surface area contributed by atoms with Gasteiger partial charge < -0.3 is 13.7 Å². The van der Waals surface area contributed by atoms with Gasteiger partial charge in [-0.1, -0.05) is 53.2 Å². The van der Waals surface area contributed by atoms with Crippen molar-refractivity contribution in [3.05, 3.63) is 65.0 Å². The van der Waals surface area contributed by atoms with Crippen LogP contribution in [0.25, 0.3) is 22.9 Å². The topological polar surface area (TPSA) is 98.2 Å². The molecule has 1 aliphatic rings. The monoisotopic (exact) mass is 481 g/mol. The van der Waals surface area contributed by atoms with Gasteiger partial charge >= 0.3 is 0 Å². The Morgan fingerprint density at radius 2 is 1.79 bits per heavy atom. The molecular weight excluding hydrogens is 462 g/mol. The number of halogens is 1. The first kappa shape index (κ1) is 21.7. The zero-order chi connectivity index (χ0) is 22.8. The zero-order valence-electron chi connectivity index (χ0n) is 17.8. The number of thioether (sulfide) groups is 1. The molecule has 2 aromatic heterocycles. The van der Waals surface area contributed by atoms with Gasteiger partial charge in [0.2, 0.25) is 23.6 Å². The van der Waals surface area contributed by atoms with Crippen LogP contribution in [0.15, 0.2) is 62.6 Å². The molecule has 33 heavy (non-hydrogen) atoms. The fourth-order valence-corrected chi connectivity index (χ4v) is 4.17. The van der Waals surface area contributed by atoms with Crippen LogP contribution < -0.4 is 0 Å². The van der Waals surface area contributed by atoms with Gasteiger partial charge in [-0.15, -0.1) is 20.4 Å². The highest BCUT2D eigenvalue weighted by Crippen LogP contribution is 2.31. The SMILES string of the molecule is Cc1ccc(-c2nnc(SCC(=O)N(Cc3nnc(-c4ccccc4Cl)o3)C3CC3)o2)cc1. The van der Waals surface area contributed by atoms with Crippen molar-refractivity contribution < 1.29 is 13.6 Å². The Hall–Kier alpha value is -3.17. The molecule has 0 radical (unpaired) electrons. The average Bonchev–Trinajstić information content (AvgIpc) is 3.36. The lowest BCUT2D eigenvalue weighted by Crippen LogP contribution is -2.34. The first-order chi connectivity index (χ1) is 16.1. The van der Waals surface area contributed by atoms with E-state index in [0.29, 0.717) is 33.5 Å². The lowest BCUT2D eigenvalue weighted by atomic mass is 10.1. The van der Waals surface area contributed by atoms with Gasteiger partial charge in [0.25, 0.3) is 5.22 Å². The molecule has 168 valence electrons. The number of hydrogen-bond donors (Lipinski definition) is 0. The smallest absolute Gasteiger partial charge is 0.277 e. The highest BCUT2D eigenvalue weighted by atomic mass is 35.5. The molecule has 4 aromatic rings. The van der Waals surface area contributed by atoms with Crippen LogP contribution >= 0.6 is 23.4 Å². The second-order valence-electron chi connectivity index (χ2n) is 7.76. The van der Waals surface area contributed by atoms with Gasteiger partial charge in [0.1, 0.15) is 0 Å². The fraction of sp³-hybridized carbons (Fsp3) is 0.261. The van der Waals surface area contributed by atoms with E-state index in [1.165, 1.54) is 11.8 Å². The Balaban J connectivity index is 1.22. The summed E-state index contributed by atoms with van der Waals surface area (Å²) in [4.78, 5) is 14.7. The van der Waals surface area contributed by atoms with Crippen molar-refractivity contribution in [2.75, 3.05) is 5.75 Å². The van der Waals surface area contributed by atoms with E-state index in [2.05, 4.69) is 20.4 Å². The minimum absolute atomic E-state index is 0.0462. The maximum Gasteiger partial charge on any atom is 0.277 e. The summed E-state index contributed by atoms with van der Waals surface area (Å²) in [5.74, 6) is 1.27. The lowest BCUT2D eigenvalue weighted by molar-refractivity contribution is -0.129. The Bertz CT molecular complexity index is 1270. The van der Waals surface area contributed by atoms with E-state index in [9.17, 15) is 4.79 Å². The molecule has 0 N–H and O–H groups in total. The standard InChI is InChI=1S/C23H20ClN5O3S/c1-14-6-8-15(9-7-14)21-26-28-23(32-21)33-13-20(30)29(16-10-11-16)12-19-25-27-22(31-19)17-4-2-3-5-18(17)24/h2-9,16H,10-13H2,1H3. The fourth-order valence-electron chi connectivity index (χ4n) is 3.30. The van der Waals surface area contributed by atoms with Crippen molar-refractivity contribution in [2.45, 2.75) is 37.6 Å². The molecule has 2 aromatic carbocycles. The van der Waals surface area contributed by atoms with Crippen molar-refractivity contribution in [2.24, 2.45) is 0 Å². The number of benzene rings is 2. The van der Waals surface area contributed by atoms with Gasteiger partial charge in [0, 0.05) is 11.6 Å². The van der Waals surface area contributed by atoms with Gasteiger partial charge in [-0.2, -0.15) is 0 Å². The van der Waals surface area contributed by atoms with Crippen molar-refractivity contribution >= 4 is 29.3 Å². The number of rotatable bonds is 8. The van der Waals surface area contributed by atoms with Crippen molar-refractivity contribution in [3.63, 3.8) is 0 Å². The summed E-state index contributed by atoms with van der Waals surface area (Å²) in [6, 6.07) is 15.3. The molecule has 0 spiro atoms. The number of carbonyl (C=O) groups excluding carboxylic acids is 1. The summed E-state index contributed by atoms with van der Waals surface area (Å²) >= 11 is 7.44. The molecule has 1 saturated carbocycles. The van der Waals surface area contributed by atoms with E-state index in [1.807, 2.05) is 49.4 Å². The van der Waals surface area contributed by atoms with Crippen molar-refractivity contribution in [1.82, 2.24) is 25.3 Å². The zero-order valence-corrected chi connectivity index (χ0v) is 19.3. The summed E-state index contributed by atoms with van der Waals surface area (Å²) in [5.41, 5.74) is 2.66. The van der Waals surface area contributed by atoms with Crippen LogP contribution in [0.3, 0.4) is 0 Å². The third-order valence-corrected chi connectivity index (χ3v) is 6.34. The molecule has 1 amide bonds.